The predicted octanol–water partition coefficient (Wildman–Crippen LogP) is 3.11. The highest BCUT2D eigenvalue weighted by Crippen LogP contribution is 2.26. The highest BCUT2D eigenvalue weighted by atomic mass is 32.2. The van der Waals surface area contributed by atoms with Crippen LogP contribution in [0.25, 0.3) is 0 Å². The average Bonchev–Trinajstić information content (AvgIpc) is 2.94. The standard InChI is InChI=1S/C19H30N2O4S2/c1-16-8-4-5-9-19(16)20-26(22,23)17-10-12-18(13-11-17)27(24,25)21-14-6-2-3-7-15-21/h10-13,16,19-20H,2-9,14-15H2,1H3. The lowest BCUT2D eigenvalue weighted by atomic mass is 9.87. The molecule has 0 amide bonds. The van der Waals surface area contributed by atoms with Crippen LogP contribution in [0.5, 0.6) is 0 Å². The quantitative estimate of drug-likeness (QED) is 0.802. The first kappa shape index (κ1) is 20.8. The molecule has 2 unspecified atom stereocenters. The van der Waals surface area contributed by atoms with E-state index in [-0.39, 0.29) is 15.8 Å². The van der Waals surface area contributed by atoms with Gasteiger partial charge in [0.1, 0.15) is 0 Å². The summed E-state index contributed by atoms with van der Waals surface area (Å²) in [4.78, 5) is 0.282. The maximum atomic E-state index is 12.8. The van der Waals surface area contributed by atoms with Gasteiger partial charge in [0.15, 0.2) is 0 Å². The summed E-state index contributed by atoms with van der Waals surface area (Å²) in [6.45, 7) is 3.14. The summed E-state index contributed by atoms with van der Waals surface area (Å²) in [6, 6.07) is 5.59. The van der Waals surface area contributed by atoms with Crippen molar-refractivity contribution in [3.8, 4) is 0 Å². The zero-order valence-corrected chi connectivity index (χ0v) is 17.6. The van der Waals surface area contributed by atoms with Gasteiger partial charge in [-0.2, -0.15) is 4.31 Å². The van der Waals surface area contributed by atoms with Crippen molar-refractivity contribution in [1.82, 2.24) is 9.03 Å². The van der Waals surface area contributed by atoms with E-state index < -0.39 is 20.0 Å². The molecule has 3 rings (SSSR count). The lowest BCUT2D eigenvalue weighted by Crippen LogP contribution is -2.41. The van der Waals surface area contributed by atoms with Crippen molar-refractivity contribution in [1.29, 1.82) is 0 Å². The molecule has 2 fully saturated rings. The molecule has 1 saturated carbocycles. The molecule has 8 heteroatoms. The Balaban J connectivity index is 1.75. The Morgan fingerprint density at radius 2 is 1.37 bits per heavy atom. The molecule has 152 valence electrons. The summed E-state index contributed by atoms with van der Waals surface area (Å²) >= 11 is 0. The molecule has 1 aromatic carbocycles. The van der Waals surface area contributed by atoms with Crippen molar-refractivity contribution in [3.63, 3.8) is 0 Å². The molecule has 6 nitrogen and oxygen atoms in total. The van der Waals surface area contributed by atoms with E-state index in [0.29, 0.717) is 19.0 Å². The van der Waals surface area contributed by atoms with Crippen molar-refractivity contribution in [3.05, 3.63) is 24.3 Å². The van der Waals surface area contributed by atoms with Gasteiger partial charge in [0.2, 0.25) is 20.0 Å². The second-order valence-corrected chi connectivity index (χ2v) is 11.4. The van der Waals surface area contributed by atoms with E-state index in [2.05, 4.69) is 11.6 Å². The normalized spacial score (nSPS) is 25.8. The fourth-order valence-electron chi connectivity index (χ4n) is 3.98. The molecule has 1 saturated heterocycles. The minimum Gasteiger partial charge on any atom is -0.208 e. The number of hydrogen-bond donors (Lipinski definition) is 1. The van der Waals surface area contributed by atoms with E-state index in [1.165, 1.54) is 28.6 Å². The van der Waals surface area contributed by atoms with Crippen molar-refractivity contribution in [2.45, 2.75) is 74.1 Å². The maximum Gasteiger partial charge on any atom is 0.243 e. The molecule has 0 radical (unpaired) electrons. The third kappa shape index (κ3) is 4.91. The topological polar surface area (TPSA) is 83.5 Å². The molecule has 2 atom stereocenters. The van der Waals surface area contributed by atoms with Gasteiger partial charge in [0, 0.05) is 19.1 Å². The van der Waals surface area contributed by atoms with E-state index >= 15 is 0 Å². The lowest BCUT2D eigenvalue weighted by molar-refractivity contribution is 0.310. The number of rotatable bonds is 5. The molecule has 2 aliphatic rings. The first-order chi connectivity index (χ1) is 12.8. The lowest BCUT2D eigenvalue weighted by Gasteiger charge is -2.29. The summed E-state index contributed by atoms with van der Waals surface area (Å²) in [6.07, 6.45) is 7.89. The van der Waals surface area contributed by atoms with Gasteiger partial charge in [-0.05, 0) is 55.9 Å². The zero-order valence-electron chi connectivity index (χ0n) is 15.9. The minimum absolute atomic E-state index is 0.0516. The van der Waals surface area contributed by atoms with Gasteiger partial charge in [0.25, 0.3) is 0 Å². The second-order valence-electron chi connectivity index (χ2n) is 7.78. The van der Waals surface area contributed by atoms with Gasteiger partial charge in [-0.1, -0.05) is 32.6 Å². The van der Waals surface area contributed by atoms with Gasteiger partial charge in [-0.25, -0.2) is 21.6 Å². The molecular weight excluding hydrogens is 384 g/mol. The van der Waals surface area contributed by atoms with Crippen LogP contribution in [-0.2, 0) is 20.0 Å². The van der Waals surface area contributed by atoms with Crippen LogP contribution in [0.1, 0.15) is 58.3 Å². The first-order valence-electron chi connectivity index (χ1n) is 9.93. The van der Waals surface area contributed by atoms with Gasteiger partial charge in [0.05, 0.1) is 9.79 Å². The highest BCUT2D eigenvalue weighted by Gasteiger charge is 2.28. The summed E-state index contributed by atoms with van der Waals surface area (Å²) in [5.41, 5.74) is 0. The number of sulfonamides is 2. The molecule has 0 aromatic heterocycles. The Morgan fingerprint density at radius 1 is 0.815 bits per heavy atom. The Labute approximate surface area is 163 Å². The molecular formula is C19H30N2O4S2. The number of hydrogen-bond acceptors (Lipinski definition) is 4. The van der Waals surface area contributed by atoms with Crippen LogP contribution >= 0.6 is 0 Å². The van der Waals surface area contributed by atoms with Gasteiger partial charge < -0.3 is 0 Å². The third-order valence-electron chi connectivity index (χ3n) is 5.75. The van der Waals surface area contributed by atoms with Crippen molar-refractivity contribution >= 4 is 20.0 Å². The molecule has 1 heterocycles. The van der Waals surface area contributed by atoms with Crippen LogP contribution in [0.2, 0.25) is 0 Å². The summed E-state index contributed by atoms with van der Waals surface area (Å²) < 4.78 is 55.3. The Bertz CT molecular complexity index is 827. The van der Waals surface area contributed by atoms with Crippen molar-refractivity contribution < 1.29 is 16.8 Å². The SMILES string of the molecule is CC1CCCCC1NS(=O)(=O)c1ccc(S(=O)(=O)N2CCCCCC2)cc1. The number of benzene rings is 1. The smallest absolute Gasteiger partial charge is 0.208 e. The monoisotopic (exact) mass is 414 g/mol. The van der Waals surface area contributed by atoms with Crippen molar-refractivity contribution in [2.24, 2.45) is 5.92 Å². The van der Waals surface area contributed by atoms with Crippen LogP contribution in [0.15, 0.2) is 34.1 Å². The maximum absolute atomic E-state index is 12.8. The zero-order chi connectivity index (χ0) is 19.5. The van der Waals surface area contributed by atoms with E-state index in [0.717, 1.165) is 51.4 Å². The summed E-state index contributed by atoms with van der Waals surface area (Å²) in [5, 5.41) is 0. The molecule has 0 bridgehead atoms. The van der Waals surface area contributed by atoms with Crippen LogP contribution in [0.3, 0.4) is 0 Å². The number of nitrogens with one attached hydrogen (secondary N) is 1. The van der Waals surface area contributed by atoms with Crippen LogP contribution in [0, 0.1) is 5.92 Å². The Hall–Kier alpha value is -0.960. The average molecular weight is 415 g/mol. The highest BCUT2D eigenvalue weighted by molar-refractivity contribution is 7.89. The van der Waals surface area contributed by atoms with Crippen LogP contribution < -0.4 is 4.72 Å². The first-order valence-corrected chi connectivity index (χ1v) is 12.9. The molecule has 0 spiro atoms. The molecule has 27 heavy (non-hydrogen) atoms. The van der Waals surface area contributed by atoms with Crippen LogP contribution in [-0.4, -0.2) is 40.3 Å². The summed E-state index contributed by atoms with van der Waals surface area (Å²) in [7, 11) is -7.21. The third-order valence-corrected chi connectivity index (χ3v) is 9.17. The summed E-state index contributed by atoms with van der Waals surface area (Å²) in [5.74, 6) is 0.316. The minimum atomic E-state index is -3.64. The van der Waals surface area contributed by atoms with E-state index in [1.54, 1.807) is 0 Å². The van der Waals surface area contributed by atoms with Gasteiger partial charge in [-0.3, -0.25) is 0 Å². The van der Waals surface area contributed by atoms with E-state index in [1.807, 2.05) is 0 Å². The largest absolute Gasteiger partial charge is 0.243 e. The second kappa shape index (κ2) is 8.59. The van der Waals surface area contributed by atoms with E-state index in [4.69, 9.17) is 0 Å². The predicted molar refractivity (Wildman–Crippen MR) is 105 cm³/mol. The number of nitrogens with zero attached hydrogens (tertiary/aromatic N) is 1. The fraction of sp³-hybridized carbons (Fsp3) is 0.684. The fourth-order valence-corrected chi connectivity index (χ4v) is 6.88. The molecule has 1 aromatic rings. The molecule has 1 aliphatic heterocycles. The van der Waals surface area contributed by atoms with Gasteiger partial charge in [-0.15, -0.1) is 0 Å². The molecule has 1 aliphatic carbocycles. The Kier molecular flexibility index (Phi) is 6.61. The molecule has 1 N–H and O–H groups in total. The van der Waals surface area contributed by atoms with E-state index in [9.17, 15) is 16.8 Å². The Morgan fingerprint density at radius 3 is 1.96 bits per heavy atom. The van der Waals surface area contributed by atoms with Crippen molar-refractivity contribution in [2.75, 3.05) is 13.1 Å². The van der Waals surface area contributed by atoms with Gasteiger partial charge >= 0.3 is 0 Å². The van der Waals surface area contributed by atoms with Crippen LogP contribution in [0.4, 0.5) is 0 Å².